The molecule has 0 radical (unpaired) electrons. The molecule has 38 heavy (non-hydrogen) atoms. The molecule has 1 aromatic heterocycles. The number of benzene rings is 3. The molecule has 1 N–H and O–H groups in total. The van der Waals surface area contributed by atoms with Crippen LogP contribution in [-0.2, 0) is 34.4 Å². The number of rotatable bonds is 6. The standard InChI is InChI=1S/C30H26N2O4S.Na/c1-18-26(31-29(35)36-17-19-5-3-2-4-6-19)27(37-32-18)22-9-11-24-20(15-22)7-8-21-16-23(10-12-25(21)24)30(13-14-30)28(33)34;/h2-6,9-12,15-16H,7-8,13-14,17H2,1H3,(H,31,35)(H,33,34);/q;+1/p-1. The van der Waals surface area contributed by atoms with Gasteiger partial charge in [0.1, 0.15) is 6.61 Å². The van der Waals surface area contributed by atoms with Gasteiger partial charge >= 0.3 is 35.7 Å². The van der Waals surface area contributed by atoms with E-state index >= 15 is 0 Å². The van der Waals surface area contributed by atoms with E-state index in [4.69, 9.17) is 4.74 Å². The Labute approximate surface area is 247 Å². The fraction of sp³-hybridized carbons (Fsp3) is 0.233. The molecule has 1 fully saturated rings. The minimum absolute atomic E-state index is 0. The van der Waals surface area contributed by atoms with Crippen LogP contribution in [0.1, 0.15) is 40.8 Å². The fourth-order valence-corrected chi connectivity index (χ4v) is 5.99. The van der Waals surface area contributed by atoms with E-state index in [1.165, 1.54) is 22.7 Å². The Hall–Kier alpha value is -2.97. The van der Waals surface area contributed by atoms with Crippen LogP contribution >= 0.6 is 11.5 Å². The number of nitrogens with zero attached hydrogens (tertiary/aromatic N) is 1. The van der Waals surface area contributed by atoms with Crippen molar-refractivity contribution >= 4 is 29.3 Å². The van der Waals surface area contributed by atoms with E-state index in [0.29, 0.717) is 18.5 Å². The Balaban J connectivity index is 0.00000294. The van der Waals surface area contributed by atoms with Gasteiger partial charge in [-0.1, -0.05) is 60.7 Å². The molecule has 0 atom stereocenters. The molecule has 2 aliphatic carbocycles. The van der Waals surface area contributed by atoms with Crippen LogP contribution in [0, 0.1) is 6.92 Å². The van der Waals surface area contributed by atoms with Crippen molar-refractivity contribution in [3.63, 3.8) is 0 Å². The number of hydrogen-bond donors (Lipinski definition) is 1. The number of amides is 1. The predicted molar refractivity (Wildman–Crippen MR) is 141 cm³/mol. The Morgan fingerprint density at radius 3 is 2.37 bits per heavy atom. The van der Waals surface area contributed by atoms with Crippen molar-refractivity contribution in [3.8, 4) is 21.6 Å². The third kappa shape index (κ3) is 4.92. The minimum atomic E-state index is -0.971. The molecule has 0 spiro atoms. The largest absolute Gasteiger partial charge is 1.00 e. The average Bonchev–Trinajstić information content (AvgIpc) is 3.66. The second-order valence-corrected chi connectivity index (χ2v) is 10.5. The zero-order valence-electron chi connectivity index (χ0n) is 21.4. The quantitative estimate of drug-likeness (QED) is 0.385. The molecule has 8 heteroatoms. The molecular formula is C30H25N2NaO4S. The molecule has 0 bridgehead atoms. The van der Waals surface area contributed by atoms with Crippen molar-refractivity contribution in [2.75, 3.05) is 5.32 Å². The Kier molecular flexibility index (Phi) is 7.47. The van der Waals surface area contributed by atoms with Gasteiger partial charge in [-0.15, -0.1) is 0 Å². The summed E-state index contributed by atoms with van der Waals surface area (Å²) in [5, 5.41) is 14.6. The molecule has 3 aromatic carbocycles. The number of nitrogens with one attached hydrogen (secondary N) is 1. The van der Waals surface area contributed by atoms with Crippen LogP contribution in [0.15, 0.2) is 66.7 Å². The Morgan fingerprint density at radius 1 is 1.00 bits per heavy atom. The molecule has 186 valence electrons. The molecular weight excluding hydrogens is 507 g/mol. The molecule has 1 saturated carbocycles. The van der Waals surface area contributed by atoms with Gasteiger partial charge < -0.3 is 14.6 Å². The van der Waals surface area contributed by atoms with Crippen molar-refractivity contribution < 1.29 is 49.0 Å². The van der Waals surface area contributed by atoms with E-state index in [-0.39, 0.29) is 36.2 Å². The van der Waals surface area contributed by atoms with E-state index < -0.39 is 17.5 Å². The number of aryl methyl sites for hydroxylation is 3. The van der Waals surface area contributed by atoms with Gasteiger partial charge in [0.05, 0.1) is 22.2 Å². The average molecular weight is 533 g/mol. The molecule has 0 unspecified atom stereocenters. The number of carbonyl (C=O) groups is 2. The van der Waals surface area contributed by atoms with Crippen LogP contribution in [0.2, 0.25) is 0 Å². The van der Waals surface area contributed by atoms with Crippen molar-refractivity contribution in [2.45, 2.75) is 44.6 Å². The van der Waals surface area contributed by atoms with E-state index in [2.05, 4.69) is 40.0 Å². The summed E-state index contributed by atoms with van der Waals surface area (Å²) in [7, 11) is 0. The van der Waals surface area contributed by atoms with Crippen molar-refractivity contribution in [1.82, 2.24) is 4.37 Å². The van der Waals surface area contributed by atoms with Gasteiger partial charge in [0.2, 0.25) is 0 Å². The SMILES string of the molecule is Cc1nsc(-c2ccc3c(c2)CCc2cc(C4(C(=O)[O-])CC4)ccc2-3)c1NC(=O)OCc1ccccc1.[Na+]. The summed E-state index contributed by atoms with van der Waals surface area (Å²) in [6, 6.07) is 22.0. The first kappa shape index (κ1) is 26.6. The fourth-order valence-electron chi connectivity index (χ4n) is 5.15. The van der Waals surface area contributed by atoms with E-state index in [9.17, 15) is 14.7 Å². The van der Waals surface area contributed by atoms with Crippen molar-refractivity contribution in [2.24, 2.45) is 0 Å². The maximum absolute atomic E-state index is 12.5. The van der Waals surface area contributed by atoms with Gasteiger partial charge in [0.25, 0.3) is 0 Å². The van der Waals surface area contributed by atoms with Crippen LogP contribution in [0.25, 0.3) is 21.6 Å². The number of fused-ring (bicyclic) bond motifs is 3. The molecule has 6 rings (SSSR count). The third-order valence-corrected chi connectivity index (χ3v) is 8.41. The normalized spacial score (nSPS) is 14.4. The number of hydrogen-bond acceptors (Lipinski definition) is 6. The number of aromatic nitrogens is 1. The van der Waals surface area contributed by atoms with Crippen LogP contribution in [0.3, 0.4) is 0 Å². The number of carbonyl (C=O) groups excluding carboxylic acids is 2. The number of carboxylic acids is 1. The first-order valence-corrected chi connectivity index (χ1v) is 13.1. The van der Waals surface area contributed by atoms with Gasteiger partial charge in [-0.25, -0.2) is 4.79 Å². The number of aliphatic carboxylic acids is 1. The maximum Gasteiger partial charge on any atom is 1.00 e. The molecule has 4 aromatic rings. The first-order valence-electron chi connectivity index (χ1n) is 12.4. The topological polar surface area (TPSA) is 91.4 Å². The number of ether oxygens (including phenoxy) is 1. The summed E-state index contributed by atoms with van der Waals surface area (Å²) in [4.78, 5) is 25.1. The number of carboxylic acid groups (broad SMARTS) is 1. The number of anilines is 1. The second kappa shape index (κ2) is 10.7. The van der Waals surface area contributed by atoms with Crippen molar-refractivity contribution in [1.29, 1.82) is 0 Å². The smallest absolute Gasteiger partial charge is 0.549 e. The minimum Gasteiger partial charge on any atom is -0.549 e. The van der Waals surface area contributed by atoms with Crippen LogP contribution < -0.4 is 40.0 Å². The van der Waals surface area contributed by atoms with Gasteiger partial charge in [-0.3, -0.25) is 5.32 Å². The van der Waals surface area contributed by atoms with Crippen LogP contribution in [0.5, 0.6) is 0 Å². The molecule has 1 amide bonds. The zero-order chi connectivity index (χ0) is 25.6. The summed E-state index contributed by atoms with van der Waals surface area (Å²) in [6.45, 7) is 2.07. The third-order valence-electron chi connectivity index (χ3n) is 7.42. The molecule has 0 aliphatic heterocycles. The van der Waals surface area contributed by atoms with Gasteiger partial charge in [0, 0.05) is 5.41 Å². The Morgan fingerprint density at radius 2 is 1.68 bits per heavy atom. The van der Waals surface area contributed by atoms with Gasteiger partial charge in [0.15, 0.2) is 0 Å². The van der Waals surface area contributed by atoms with Crippen LogP contribution in [-0.4, -0.2) is 16.4 Å². The van der Waals surface area contributed by atoms with E-state index in [1.807, 2.05) is 43.3 Å². The van der Waals surface area contributed by atoms with Gasteiger partial charge in [-0.05, 0) is 89.2 Å². The molecule has 1 heterocycles. The first-order chi connectivity index (χ1) is 17.9. The van der Waals surface area contributed by atoms with Gasteiger partial charge in [-0.2, -0.15) is 4.37 Å². The molecule has 6 nitrogen and oxygen atoms in total. The van der Waals surface area contributed by atoms with E-state index in [1.54, 1.807) is 0 Å². The maximum atomic E-state index is 12.5. The second-order valence-electron chi connectivity index (χ2n) is 9.77. The zero-order valence-corrected chi connectivity index (χ0v) is 24.2. The summed E-state index contributed by atoms with van der Waals surface area (Å²) in [5.74, 6) is -0.971. The summed E-state index contributed by atoms with van der Waals surface area (Å²) < 4.78 is 9.90. The molecule has 2 aliphatic rings. The summed E-state index contributed by atoms with van der Waals surface area (Å²) in [5.41, 5.74) is 8.11. The van der Waals surface area contributed by atoms with E-state index in [0.717, 1.165) is 51.2 Å². The predicted octanol–water partition coefficient (Wildman–Crippen LogP) is 2.42. The summed E-state index contributed by atoms with van der Waals surface area (Å²) in [6.07, 6.45) is 2.50. The van der Waals surface area contributed by atoms with Crippen molar-refractivity contribution in [3.05, 3.63) is 94.7 Å². The Bertz CT molecular complexity index is 1530. The van der Waals surface area contributed by atoms with Crippen LogP contribution in [0.4, 0.5) is 10.5 Å². The monoisotopic (exact) mass is 532 g/mol. The summed E-state index contributed by atoms with van der Waals surface area (Å²) >= 11 is 1.35. The molecule has 0 saturated heterocycles.